The number of benzene rings is 1. The molecule has 2 aromatic rings. The van der Waals surface area contributed by atoms with Crippen molar-refractivity contribution in [2.45, 2.75) is 20.8 Å². The molecule has 0 saturated heterocycles. The Hall–Kier alpha value is -2.83. The lowest BCUT2D eigenvalue weighted by atomic mass is 9.96. The van der Waals surface area contributed by atoms with Crippen LogP contribution < -0.4 is 20.1 Å². The summed E-state index contributed by atoms with van der Waals surface area (Å²) in [5.41, 5.74) is 0.213. The van der Waals surface area contributed by atoms with Gasteiger partial charge in [-0.05, 0) is 24.3 Å². The van der Waals surface area contributed by atoms with E-state index >= 15 is 0 Å². The average molecular weight is 330 g/mol. The highest BCUT2D eigenvalue weighted by Gasteiger charge is 2.21. The number of amides is 1. The van der Waals surface area contributed by atoms with Crippen molar-refractivity contribution in [2.24, 2.45) is 5.41 Å². The Morgan fingerprint density at radius 1 is 1.00 bits per heavy atom. The summed E-state index contributed by atoms with van der Waals surface area (Å²) in [6.07, 6.45) is 0. The lowest BCUT2D eigenvalue weighted by molar-refractivity contribution is -0.123. The van der Waals surface area contributed by atoms with Crippen LogP contribution in [0.4, 0.5) is 17.3 Å². The van der Waals surface area contributed by atoms with Gasteiger partial charge in [-0.2, -0.15) is 0 Å². The topological polar surface area (TPSA) is 85.4 Å². The van der Waals surface area contributed by atoms with Gasteiger partial charge in [0.1, 0.15) is 11.5 Å². The number of nitrogens with one attached hydrogen (secondary N) is 2. The minimum absolute atomic E-state index is 0.119. The zero-order valence-corrected chi connectivity index (χ0v) is 14.5. The molecule has 24 heavy (non-hydrogen) atoms. The predicted octanol–water partition coefficient (Wildman–Crippen LogP) is 3.22. The van der Waals surface area contributed by atoms with E-state index in [2.05, 4.69) is 20.8 Å². The molecule has 7 heteroatoms. The van der Waals surface area contributed by atoms with E-state index in [1.807, 2.05) is 20.8 Å². The molecule has 0 unspecified atom stereocenters. The predicted molar refractivity (Wildman–Crippen MR) is 92.9 cm³/mol. The molecule has 128 valence electrons. The summed E-state index contributed by atoms with van der Waals surface area (Å²) >= 11 is 0. The first-order valence-electron chi connectivity index (χ1n) is 7.47. The van der Waals surface area contributed by atoms with Crippen molar-refractivity contribution < 1.29 is 14.3 Å². The van der Waals surface area contributed by atoms with Crippen LogP contribution in [0.15, 0.2) is 30.3 Å². The van der Waals surface area contributed by atoms with Crippen LogP contribution in [0.3, 0.4) is 0 Å². The molecule has 1 aromatic carbocycles. The second-order valence-electron chi connectivity index (χ2n) is 6.20. The third-order valence-corrected chi connectivity index (χ3v) is 3.26. The van der Waals surface area contributed by atoms with E-state index < -0.39 is 5.41 Å². The minimum Gasteiger partial charge on any atom is -0.497 e. The number of hydrogen-bond donors (Lipinski definition) is 2. The molecule has 2 rings (SSSR count). The van der Waals surface area contributed by atoms with Gasteiger partial charge in [-0.3, -0.25) is 4.79 Å². The Labute approximate surface area is 141 Å². The summed E-state index contributed by atoms with van der Waals surface area (Å²) in [5.74, 6) is 2.16. The lowest BCUT2D eigenvalue weighted by Gasteiger charge is -2.17. The smallest absolute Gasteiger partial charge is 0.230 e. The first-order chi connectivity index (χ1) is 11.3. The molecule has 2 N–H and O–H groups in total. The minimum atomic E-state index is -0.493. The summed E-state index contributed by atoms with van der Waals surface area (Å²) in [6, 6.07) is 8.82. The van der Waals surface area contributed by atoms with Gasteiger partial charge in [-0.1, -0.05) is 20.8 Å². The summed E-state index contributed by atoms with van der Waals surface area (Å²) in [4.78, 5) is 11.9. The molecule has 7 nitrogen and oxygen atoms in total. The molecular formula is C17H22N4O3. The van der Waals surface area contributed by atoms with Crippen molar-refractivity contribution >= 4 is 23.2 Å². The summed E-state index contributed by atoms with van der Waals surface area (Å²) in [7, 11) is 3.18. The molecular weight excluding hydrogens is 308 g/mol. The summed E-state index contributed by atoms with van der Waals surface area (Å²) in [5, 5.41) is 13.9. The molecule has 0 bridgehead atoms. The Morgan fingerprint density at radius 2 is 1.67 bits per heavy atom. The summed E-state index contributed by atoms with van der Waals surface area (Å²) < 4.78 is 10.5. The third kappa shape index (κ3) is 4.34. The second kappa shape index (κ2) is 7.16. The zero-order chi connectivity index (χ0) is 17.7. The van der Waals surface area contributed by atoms with Crippen LogP contribution in [0.5, 0.6) is 11.5 Å². The third-order valence-electron chi connectivity index (χ3n) is 3.26. The number of methoxy groups -OCH3 is 2. The molecule has 0 fully saturated rings. The van der Waals surface area contributed by atoms with Gasteiger partial charge in [0.15, 0.2) is 11.6 Å². The van der Waals surface area contributed by atoms with Gasteiger partial charge in [0.05, 0.1) is 19.9 Å². The van der Waals surface area contributed by atoms with Crippen molar-refractivity contribution in [3.63, 3.8) is 0 Å². The van der Waals surface area contributed by atoms with E-state index in [0.29, 0.717) is 28.8 Å². The standard InChI is InChI=1S/C17H22N4O3/c1-17(2,3)16(22)19-15-9-8-14(20-21-15)18-12-10-11(23-4)6-7-13(12)24-5/h6-10H,1-5H3,(H,18,20)(H,19,21,22). The van der Waals surface area contributed by atoms with E-state index in [9.17, 15) is 4.79 Å². The second-order valence-corrected chi connectivity index (χ2v) is 6.20. The van der Waals surface area contributed by atoms with Crippen molar-refractivity contribution in [1.29, 1.82) is 0 Å². The van der Waals surface area contributed by atoms with Gasteiger partial charge < -0.3 is 20.1 Å². The number of hydrogen-bond acceptors (Lipinski definition) is 6. The maximum atomic E-state index is 11.9. The van der Waals surface area contributed by atoms with Gasteiger partial charge in [-0.25, -0.2) is 0 Å². The molecule has 0 radical (unpaired) electrons. The number of nitrogens with zero attached hydrogens (tertiary/aromatic N) is 2. The number of carbonyl (C=O) groups excluding carboxylic acids is 1. The van der Waals surface area contributed by atoms with Gasteiger partial charge in [0, 0.05) is 11.5 Å². The Bertz CT molecular complexity index is 709. The first kappa shape index (κ1) is 17.5. The highest BCUT2D eigenvalue weighted by Crippen LogP contribution is 2.31. The quantitative estimate of drug-likeness (QED) is 0.875. The molecule has 1 aromatic heterocycles. The van der Waals surface area contributed by atoms with Crippen molar-refractivity contribution in [2.75, 3.05) is 24.9 Å². The molecule has 0 saturated carbocycles. The molecule has 0 atom stereocenters. The average Bonchev–Trinajstić information content (AvgIpc) is 2.55. The molecule has 0 aliphatic heterocycles. The number of aromatic nitrogens is 2. The van der Waals surface area contributed by atoms with Crippen LogP contribution in [0, 0.1) is 5.41 Å². The van der Waals surface area contributed by atoms with Crippen LogP contribution in [-0.2, 0) is 4.79 Å². The van der Waals surface area contributed by atoms with Gasteiger partial charge >= 0.3 is 0 Å². The number of rotatable bonds is 5. The Balaban J connectivity index is 2.13. The fraction of sp³-hybridized carbons (Fsp3) is 0.353. The van der Waals surface area contributed by atoms with E-state index in [-0.39, 0.29) is 5.91 Å². The maximum Gasteiger partial charge on any atom is 0.230 e. The van der Waals surface area contributed by atoms with Crippen molar-refractivity contribution in [3.05, 3.63) is 30.3 Å². The van der Waals surface area contributed by atoms with E-state index in [4.69, 9.17) is 9.47 Å². The molecule has 0 aliphatic rings. The fourth-order valence-corrected chi connectivity index (χ4v) is 1.82. The highest BCUT2D eigenvalue weighted by molar-refractivity contribution is 5.93. The zero-order valence-electron chi connectivity index (χ0n) is 14.5. The van der Waals surface area contributed by atoms with Gasteiger partial charge in [0.25, 0.3) is 0 Å². The first-order valence-corrected chi connectivity index (χ1v) is 7.47. The van der Waals surface area contributed by atoms with Crippen molar-refractivity contribution in [1.82, 2.24) is 10.2 Å². The van der Waals surface area contributed by atoms with E-state index in [1.54, 1.807) is 44.6 Å². The van der Waals surface area contributed by atoms with Crippen LogP contribution in [-0.4, -0.2) is 30.3 Å². The van der Waals surface area contributed by atoms with E-state index in [1.165, 1.54) is 0 Å². The monoisotopic (exact) mass is 330 g/mol. The largest absolute Gasteiger partial charge is 0.497 e. The van der Waals surface area contributed by atoms with Crippen molar-refractivity contribution in [3.8, 4) is 11.5 Å². The number of anilines is 3. The van der Waals surface area contributed by atoms with Gasteiger partial charge in [-0.15, -0.1) is 10.2 Å². The van der Waals surface area contributed by atoms with Crippen LogP contribution in [0.2, 0.25) is 0 Å². The number of carbonyl (C=O) groups is 1. The lowest BCUT2D eigenvalue weighted by Crippen LogP contribution is -2.28. The van der Waals surface area contributed by atoms with Crippen LogP contribution in [0.1, 0.15) is 20.8 Å². The molecule has 1 heterocycles. The normalized spacial score (nSPS) is 10.9. The van der Waals surface area contributed by atoms with E-state index in [0.717, 1.165) is 0 Å². The maximum absolute atomic E-state index is 11.9. The highest BCUT2D eigenvalue weighted by atomic mass is 16.5. The fourth-order valence-electron chi connectivity index (χ4n) is 1.82. The Morgan fingerprint density at radius 3 is 2.21 bits per heavy atom. The number of ether oxygens (including phenoxy) is 2. The van der Waals surface area contributed by atoms with Gasteiger partial charge in [0.2, 0.25) is 5.91 Å². The SMILES string of the molecule is COc1ccc(OC)c(Nc2ccc(NC(=O)C(C)(C)C)nn2)c1. The molecule has 0 aliphatic carbocycles. The molecule has 1 amide bonds. The molecule has 0 spiro atoms. The Kier molecular flexibility index (Phi) is 5.23. The van der Waals surface area contributed by atoms with Crippen LogP contribution in [0.25, 0.3) is 0 Å². The van der Waals surface area contributed by atoms with Crippen LogP contribution >= 0.6 is 0 Å². The summed E-state index contributed by atoms with van der Waals surface area (Å²) in [6.45, 7) is 5.50.